The zero-order valence-electron chi connectivity index (χ0n) is 33.8. The molecule has 15 nitrogen and oxygen atoms in total. The van der Waals surface area contributed by atoms with E-state index in [1.165, 1.54) is 43.1 Å². The van der Waals surface area contributed by atoms with Crippen molar-refractivity contribution < 1.29 is 44.3 Å². The Morgan fingerprint density at radius 1 is 1.03 bits per heavy atom. The van der Waals surface area contributed by atoms with Gasteiger partial charge in [0.1, 0.15) is 35.4 Å². The molecule has 0 saturated heterocycles. The van der Waals surface area contributed by atoms with Crippen molar-refractivity contribution in [2.75, 3.05) is 18.1 Å². The Hall–Kier alpha value is -6.55. The number of ether oxygens (including phenoxy) is 1. The molecule has 1 amide bonds. The SMILES string of the molecule is COc1cc(C)nc(-c2ccc3c(=O)n(-c4ccc(Cl)c5c(NS(C)(=O)=O)nn(C)c45)c([C@H](Cc4cc(F)cc(F)c4)NC(=O)Cn4nc(C(F)F)c5c4C(F)(F)[C@@H]4C[C@H]54)nc3c2)n1. The molecule has 1 saturated carbocycles. The zero-order chi connectivity index (χ0) is 45.7. The summed E-state index contributed by atoms with van der Waals surface area (Å²) in [5.41, 5.74) is -1.76. The number of anilines is 1. The van der Waals surface area contributed by atoms with Crippen LogP contribution in [0.3, 0.4) is 0 Å². The molecule has 1 fully saturated rings. The van der Waals surface area contributed by atoms with Gasteiger partial charge in [-0.3, -0.25) is 28.2 Å². The van der Waals surface area contributed by atoms with Gasteiger partial charge in [0, 0.05) is 48.3 Å². The summed E-state index contributed by atoms with van der Waals surface area (Å²) in [6, 6.07) is 9.87. The number of fused-ring (bicyclic) bond motifs is 5. The van der Waals surface area contributed by atoms with Crippen molar-refractivity contribution in [3.8, 4) is 23.0 Å². The van der Waals surface area contributed by atoms with Crippen molar-refractivity contribution in [2.45, 2.75) is 50.6 Å². The van der Waals surface area contributed by atoms with Gasteiger partial charge in [0.25, 0.3) is 17.9 Å². The molecular formula is C41H33ClF6N10O5S. The van der Waals surface area contributed by atoms with E-state index < -0.39 is 87.7 Å². The summed E-state index contributed by atoms with van der Waals surface area (Å²) in [7, 11) is -1.06. The number of aryl methyl sites for hydroxylation is 2. The standard InChI is InChI=1S/C41H33ClF6N10O5S/c1-17-9-30(63-3)52-37(49-17)19-5-6-22-26(13-19)51-39(58(40(22)60)28-8-7-25(42)32-34(28)56(2)54-38(32)55-64(4,61)62)27(12-18-10-20(43)14-21(44)11-18)50-29(59)16-57-35-31(33(53-57)36(45)46)23-15-24(23)41(35,47)48/h5-11,13-14,23-24,27,36H,12,15-16H2,1-4H3,(H,50,59)(H,54,55)/t23-,24+,27-/m0/s1. The van der Waals surface area contributed by atoms with Crippen LogP contribution in [0.2, 0.25) is 5.02 Å². The number of hydrogen-bond donors (Lipinski definition) is 2. The first-order chi connectivity index (χ1) is 30.2. The van der Waals surface area contributed by atoms with Gasteiger partial charge in [-0.15, -0.1) is 0 Å². The molecule has 7 aromatic rings. The molecule has 23 heteroatoms. The molecule has 64 heavy (non-hydrogen) atoms. The van der Waals surface area contributed by atoms with Crippen LogP contribution in [0.5, 0.6) is 5.88 Å². The van der Waals surface area contributed by atoms with Crippen molar-refractivity contribution in [1.29, 1.82) is 0 Å². The van der Waals surface area contributed by atoms with Crippen molar-refractivity contribution in [1.82, 2.24) is 44.4 Å². The normalized spacial score (nSPS) is 16.9. The van der Waals surface area contributed by atoms with Gasteiger partial charge in [0.15, 0.2) is 11.6 Å². The maximum Gasteiger partial charge on any atom is 0.293 e. The fourth-order valence-electron chi connectivity index (χ4n) is 8.49. The lowest BCUT2D eigenvalue weighted by Crippen LogP contribution is -2.38. The third-order valence-electron chi connectivity index (χ3n) is 11.1. The van der Waals surface area contributed by atoms with E-state index >= 15 is 13.6 Å². The second-order valence-electron chi connectivity index (χ2n) is 15.6. The van der Waals surface area contributed by atoms with Crippen LogP contribution in [-0.4, -0.2) is 66.8 Å². The molecule has 0 bridgehead atoms. The average molecular weight is 927 g/mol. The van der Waals surface area contributed by atoms with E-state index in [4.69, 9.17) is 21.3 Å². The highest BCUT2D eigenvalue weighted by Crippen LogP contribution is 2.68. The topological polar surface area (TPSA) is 181 Å². The summed E-state index contributed by atoms with van der Waals surface area (Å²) in [4.78, 5) is 43.0. The molecule has 9 rings (SSSR count). The number of rotatable bonds is 12. The first kappa shape index (κ1) is 42.7. The molecule has 2 aliphatic carbocycles. The molecule has 0 spiro atoms. The Morgan fingerprint density at radius 2 is 1.77 bits per heavy atom. The van der Waals surface area contributed by atoms with Gasteiger partial charge in [-0.1, -0.05) is 17.7 Å². The van der Waals surface area contributed by atoms with Crippen molar-refractivity contribution in [2.24, 2.45) is 13.0 Å². The molecule has 2 aliphatic rings. The Kier molecular flexibility index (Phi) is 10.2. The molecule has 332 valence electrons. The van der Waals surface area contributed by atoms with Crippen LogP contribution >= 0.6 is 11.6 Å². The smallest absolute Gasteiger partial charge is 0.293 e. The van der Waals surface area contributed by atoms with Gasteiger partial charge < -0.3 is 10.1 Å². The van der Waals surface area contributed by atoms with E-state index in [0.29, 0.717) is 22.0 Å². The lowest BCUT2D eigenvalue weighted by molar-refractivity contribution is -0.123. The number of methoxy groups -OCH3 is 1. The molecular weight excluding hydrogens is 894 g/mol. The Morgan fingerprint density at radius 3 is 2.45 bits per heavy atom. The van der Waals surface area contributed by atoms with E-state index in [2.05, 4.69) is 30.2 Å². The van der Waals surface area contributed by atoms with Gasteiger partial charge >= 0.3 is 0 Å². The van der Waals surface area contributed by atoms with Gasteiger partial charge in [0.05, 0.1) is 51.9 Å². The fourth-order valence-corrected chi connectivity index (χ4v) is 9.23. The highest BCUT2D eigenvalue weighted by atomic mass is 35.5. The number of halogens is 7. The molecule has 3 atom stereocenters. The third kappa shape index (κ3) is 7.46. The van der Waals surface area contributed by atoms with Crippen molar-refractivity contribution >= 4 is 55.2 Å². The summed E-state index contributed by atoms with van der Waals surface area (Å²) < 4.78 is 124. The number of nitrogens with zero attached hydrogens (tertiary/aromatic N) is 8. The van der Waals surface area contributed by atoms with Crippen LogP contribution in [0.4, 0.5) is 32.2 Å². The minimum absolute atomic E-state index is 0.00109. The summed E-state index contributed by atoms with van der Waals surface area (Å²) in [5.74, 6) is -8.72. The molecule has 0 unspecified atom stereocenters. The summed E-state index contributed by atoms with van der Waals surface area (Å²) in [6.45, 7) is 0.712. The fraction of sp³-hybridized carbons (Fsp3) is 0.293. The minimum atomic E-state index is -3.93. The number of benzene rings is 3. The van der Waals surface area contributed by atoms with Crippen molar-refractivity contribution in [3.05, 3.63) is 116 Å². The summed E-state index contributed by atoms with van der Waals surface area (Å²) in [5, 5.41) is 10.8. The third-order valence-corrected chi connectivity index (χ3v) is 12.0. The quantitative estimate of drug-likeness (QED) is 0.124. The number of aromatic nitrogens is 8. The number of carbonyl (C=O) groups is 1. The molecule has 3 aromatic carbocycles. The van der Waals surface area contributed by atoms with E-state index in [0.717, 1.165) is 23.0 Å². The number of nitrogens with one attached hydrogen (secondary N) is 2. The lowest BCUT2D eigenvalue weighted by atomic mass is 10.0. The Balaban J connectivity index is 1.27. The average Bonchev–Trinajstić information content (AvgIpc) is 3.75. The van der Waals surface area contributed by atoms with Gasteiger partial charge in [0.2, 0.25) is 21.8 Å². The maximum atomic E-state index is 15.6. The number of carbonyl (C=O) groups excluding carboxylic acids is 1. The Bertz CT molecular complexity index is 3270. The molecule has 2 N–H and O–H groups in total. The van der Waals surface area contributed by atoms with E-state index in [-0.39, 0.29) is 73.4 Å². The van der Waals surface area contributed by atoms with E-state index in [9.17, 15) is 30.8 Å². The second kappa shape index (κ2) is 15.3. The first-order valence-electron chi connectivity index (χ1n) is 19.3. The molecule has 0 aliphatic heterocycles. The monoisotopic (exact) mass is 926 g/mol. The van der Waals surface area contributed by atoms with Gasteiger partial charge in [-0.05, 0) is 61.2 Å². The van der Waals surface area contributed by atoms with Crippen LogP contribution in [0.1, 0.15) is 58.8 Å². The zero-order valence-corrected chi connectivity index (χ0v) is 35.4. The summed E-state index contributed by atoms with van der Waals surface area (Å²) in [6.07, 6.45) is -2.82. The highest BCUT2D eigenvalue weighted by Gasteiger charge is 2.67. The predicted octanol–water partition coefficient (Wildman–Crippen LogP) is 6.79. The van der Waals surface area contributed by atoms with Crippen LogP contribution in [0.25, 0.3) is 38.9 Å². The molecule has 0 radical (unpaired) electrons. The Labute approximate surface area is 363 Å². The predicted molar refractivity (Wildman–Crippen MR) is 220 cm³/mol. The summed E-state index contributed by atoms with van der Waals surface area (Å²) >= 11 is 6.64. The minimum Gasteiger partial charge on any atom is -0.481 e. The number of alkyl halides is 4. The number of amides is 1. The van der Waals surface area contributed by atoms with Crippen LogP contribution in [0.15, 0.2) is 59.4 Å². The second-order valence-corrected chi connectivity index (χ2v) is 17.8. The molecule has 4 heterocycles. The van der Waals surface area contributed by atoms with E-state index in [1.807, 2.05) is 0 Å². The largest absolute Gasteiger partial charge is 0.481 e. The maximum absolute atomic E-state index is 15.6. The van der Waals surface area contributed by atoms with Crippen molar-refractivity contribution in [3.63, 3.8) is 0 Å². The van der Waals surface area contributed by atoms with Crippen LogP contribution in [0, 0.1) is 24.5 Å². The lowest BCUT2D eigenvalue weighted by Gasteiger charge is -2.24. The van der Waals surface area contributed by atoms with E-state index in [1.54, 1.807) is 19.1 Å². The van der Waals surface area contributed by atoms with Crippen LogP contribution in [-0.2, 0) is 40.8 Å². The molecule has 4 aromatic heterocycles. The van der Waals surface area contributed by atoms with Gasteiger partial charge in [-0.25, -0.2) is 35.9 Å². The first-order valence-corrected chi connectivity index (χ1v) is 21.6. The van der Waals surface area contributed by atoms with Gasteiger partial charge in [-0.2, -0.15) is 24.0 Å². The highest BCUT2D eigenvalue weighted by molar-refractivity contribution is 7.92. The number of hydrogen-bond acceptors (Lipinski definition) is 10. The number of sulfonamides is 1. The van der Waals surface area contributed by atoms with Crippen LogP contribution < -0.4 is 20.3 Å².